The molecule has 0 radical (unpaired) electrons. The number of aryl methyl sites for hydroxylation is 3. The van der Waals surface area contributed by atoms with E-state index < -0.39 is 10.0 Å². The van der Waals surface area contributed by atoms with Crippen LogP contribution in [-0.2, 0) is 17.1 Å². The smallest absolute Gasteiger partial charge is 0.262 e. The van der Waals surface area contributed by atoms with Crippen LogP contribution in [0.5, 0.6) is 0 Å². The molecular weight excluding hydrogens is 380 g/mol. The van der Waals surface area contributed by atoms with Gasteiger partial charge in [0, 0.05) is 17.6 Å². The molecule has 0 aliphatic carbocycles. The Bertz CT molecular complexity index is 1060. The molecule has 3 aromatic rings. The van der Waals surface area contributed by atoms with Gasteiger partial charge in [0.05, 0.1) is 4.90 Å². The molecule has 1 heterocycles. The Morgan fingerprint density at radius 3 is 2.11 bits per heavy atom. The first-order valence-electron chi connectivity index (χ1n) is 8.41. The van der Waals surface area contributed by atoms with Crippen molar-refractivity contribution in [2.75, 3.05) is 4.72 Å². The fourth-order valence-electron chi connectivity index (χ4n) is 2.85. The van der Waals surface area contributed by atoms with Crippen molar-refractivity contribution in [1.29, 1.82) is 0 Å². The lowest BCUT2D eigenvalue weighted by molar-refractivity contribution is 0.599. The molecule has 3 rings (SSSR count). The van der Waals surface area contributed by atoms with Gasteiger partial charge in [-0.2, -0.15) is 0 Å². The molecule has 1 aromatic heterocycles. The van der Waals surface area contributed by atoms with Crippen molar-refractivity contribution >= 4 is 27.5 Å². The number of hydrogen-bond donors (Lipinski definition) is 1. The SMILES string of the molecule is Cc1cc(C)c(C)c(S(=O)(=O)Nc2ccc(Sc3nncn3C)cc2)c1C. The average molecular weight is 403 g/mol. The molecule has 8 heteroatoms. The van der Waals surface area contributed by atoms with E-state index in [2.05, 4.69) is 14.9 Å². The van der Waals surface area contributed by atoms with Crippen LogP contribution in [0.1, 0.15) is 22.3 Å². The highest BCUT2D eigenvalue weighted by Crippen LogP contribution is 2.30. The van der Waals surface area contributed by atoms with Crippen LogP contribution in [0.3, 0.4) is 0 Å². The number of hydrogen-bond acceptors (Lipinski definition) is 5. The molecule has 0 saturated heterocycles. The Labute approximate surface area is 164 Å². The molecule has 0 atom stereocenters. The van der Waals surface area contributed by atoms with Gasteiger partial charge in [-0.25, -0.2) is 8.42 Å². The number of nitrogens with zero attached hydrogens (tertiary/aromatic N) is 3. The van der Waals surface area contributed by atoms with Gasteiger partial charge in [0.1, 0.15) is 6.33 Å². The highest BCUT2D eigenvalue weighted by Gasteiger charge is 2.22. The molecule has 0 saturated carbocycles. The van der Waals surface area contributed by atoms with E-state index in [1.807, 2.05) is 57.5 Å². The lowest BCUT2D eigenvalue weighted by Crippen LogP contribution is -2.17. The highest BCUT2D eigenvalue weighted by atomic mass is 32.2. The summed E-state index contributed by atoms with van der Waals surface area (Å²) in [4.78, 5) is 1.31. The van der Waals surface area contributed by atoms with Crippen molar-refractivity contribution in [3.63, 3.8) is 0 Å². The summed E-state index contributed by atoms with van der Waals surface area (Å²) in [6.07, 6.45) is 1.64. The summed E-state index contributed by atoms with van der Waals surface area (Å²) in [7, 11) is -1.80. The topological polar surface area (TPSA) is 76.9 Å². The maximum atomic E-state index is 13.0. The molecule has 142 valence electrons. The number of nitrogens with one attached hydrogen (secondary N) is 1. The fourth-order valence-corrected chi connectivity index (χ4v) is 5.29. The van der Waals surface area contributed by atoms with Gasteiger partial charge in [-0.1, -0.05) is 6.07 Å². The number of benzene rings is 2. The van der Waals surface area contributed by atoms with Crippen LogP contribution >= 0.6 is 11.8 Å². The number of aromatic nitrogens is 3. The van der Waals surface area contributed by atoms with E-state index in [-0.39, 0.29) is 0 Å². The maximum absolute atomic E-state index is 13.0. The van der Waals surface area contributed by atoms with E-state index in [1.54, 1.807) is 18.5 Å². The molecule has 0 unspecified atom stereocenters. The Balaban J connectivity index is 1.86. The molecule has 6 nitrogen and oxygen atoms in total. The van der Waals surface area contributed by atoms with Gasteiger partial charge in [0.15, 0.2) is 5.16 Å². The van der Waals surface area contributed by atoms with E-state index in [0.717, 1.165) is 32.3 Å². The van der Waals surface area contributed by atoms with Crippen LogP contribution in [0.15, 0.2) is 51.6 Å². The second-order valence-electron chi connectivity index (χ2n) is 6.55. The van der Waals surface area contributed by atoms with Crippen molar-refractivity contribution in [2.24, 2.45) is 7.05 Å². The Hall–Kier alpha value is -2.32. The van der Waals surface area contributed by atoms with Crippen LogP contribution in [0.4, 0.5) is 5.69 Å². The largest absolute Gasteiger partial charge is 0.311 e. The summed E-state index contributed by atoms with van der Waals surface area (Å²) < 4.78 is 30.5. The molecule has 0 fully saturated rings. The second kappa shape index (κ2) is 7.36. The first-order chi connectivity index (χ1) is 12.7. The van der Waals surface area contributed by atoms with Crippen molar-refractivity contribution < 1.29 is 8.42 Å². The summed E-state index contributed by atoms with van der Waals surface area (Å²) in [6, 6.07) is 9.24. The molecule has 0 aliphatic rings. The minimum Gasteiger partial charge on any atom is -0.311 e. The summed E-state index contributed by atoms with van der Waals surface area (Å²) >= 11 is 1.46. The molecule has 0 spiro atoms. The first-order valence-corrected chi connectivity index (χ1v) is 10.7. The molecular formula is C19H22N4O2S2. The predicted molar refractivity (Wildman–Crippen MR) is 108 cm³/mol. The summed E-state index contributed by atoms with van der Waals surface area (Å²) in [6.45, 7) is 7.55. The van der Waals surface area contributed by atoms with E-state index in [0.29, 0.717) is 10.6 Å². The standard InChI is InChI=1S/C19H22N4O2S2/c1-12-10-13(2)15(4)18(14(12)3)27(24,25)22-16-6-8-17(9-7-16)26-19-21-20-11-23(19)5/h6-11,22H,1-5H3. The Morgan fingerprint density at radius 1 is 1.00 bits per heavy atom. The zero-order chi connectivity index (χ0) is 19.8. The fraction of sp³-hybridized carbons (Fsp3) is 0.263. The average Bonchev–Trinajstić information content (AvgIpc) is 2.99. The highest BCUT2D eigenvalue weighted by molar-refractivity contribution is 7.99. The van der Waals surface area contributed by atoms with E-state index >= 15 is 0 Å². The van der Waals surface area contributed by atoms with Crippen molar-refractivity contribution in [3.8, 4) is 0 Å². The van der Waals surface area contributed by atoms with Gasteiger partial charge in [-0.15, -0.1) is 10.2 Å². The van der Waals surface area contributed by atoms with Crippen molar-refractivity contribution in [2.45, 2.75) is 42.6 Å². The quantitative estimate of drug-likeness (QED) is 0.698. The minimum absolute atomic E-state index is 0.359. The van der Waals surface area contributed by atoms with Crippen LogP contribution in [-0.4, -0.2) is 23.2 Å². The van der Waals surface area contributed by atoms with Gasteiger partial charge < -0.3 is 4.57 Å². The van der Waals surface area contributed by atoms with Gasteiger partial charge >= 0.3 is 0 Å². The van der Waals surface area contributed by atoms with E-state index in [4.69, 9.17) is 0 Å². The zero-order valence-electron chi connectivity index (χ0n) is 15.9. The first kappa shape index (κ1) is 19.4. The monoisotopic (exact) mass is 402 g/mol. The van der Waals surface area contributed by atoms with Crippen LogP contribution in [0.25, 0.3) is 0 Å². The van der Waals surface area contributed by atoms with Crippen LogP contribution in [0.2, 0.25) is 0 Å². The molecule has 0 aliphatic heterocycles. The second-order valence-corrected chi connectivity index (χ2v) is 9.21. The molecule has 1 N–H and O–H groups in total. The Morgan fingerprint density at radius 2 is 1.59 bits per heavy atom. The lowest BCUT2D eigenvalue weighted by atomic mass is 10.0. The maximum Gasteiger partial charge on any atom is 0.262 e. The lowest BCUT2D eigenvalue weighted by Gasteiger charge is -2.17. The molecule has 0 amide bonds. The third-order valence-electron chi connectivity index (χ3n) is 4.55. The van der Waals surface area contributed by atoms with Crippen LogP contribution in [0, 0.1) is 27.7 Å². The minimum atomic E-state index is -3.67. The van der Waals surface area contributed by atoms with E-state index in [1.165, 1.54) is 11.8 Å². The van der Waals surface area contributed by atoms with Gasteiger partial charge in [-0.3, -0.25) is 4.72 Å². The molecule has 0 bridgehead atoms. The van der Waals surface area contributed by atoms with Crippen molar-refractivity contribution in [3.05, 3.63) is 58.9 Å². The summed E-state index contributed by atoms with van der Waals surface area (Å²) in [5.41, 5.74) is 4.01. The number of rotatable bonds is 5. The van der Waals surface area contributed by atoms with Gasteiger partial charge in [-0.05, 0) is 86.0 Å². The van der Waals surface area contributed by atoms with Crippen molar-refractivity contribution in [1.82, 2.24) is 14.8 Å². The van der Waals surface area contributed by atoms with E-state index in [9.17, 15) is 8.42 Å². The molecule has 27 heavy (non-hydrogen) atoms. The predicted octanol–water partition coefficient (Wildman–Crippen LogP) is 4.00. The number of anilines is 1. The third kappa shape index (κ3) is 4.01. The van der Waals surface area contributed by atoms with Crippen LogP contribution < -0.4 is 4.72 Å². The zero-order valence-corrected chi connectivity index (χ0v) is 17.6. The third-order valence-corrected chi connectivity index (χ3v) is 7.27. The Kier molecular flexibility index (Phi) is 5.30. The normalized spacial score (nSPS) is 11.6. The summed E-state index contributed by atoms with van der Waals surface area (Å²) in [5.74, 6) is 0. The molecule has 2 aromatic carbocycles. The number of sulfonamides is 1. The summed E-state index contributed by atoms with van der Waals surface area (Å²) in [5, 5.41) is 8.65. The van der Waals surface area contributed by atoms with Gasteiger partial charge in [0.25, 0.3) is 10.0 Å². The van der Waals surface area contributed by atoms with Gasteiger partial charge in [0.2, 0.25) is 0 Å².